The second-order valence-electron chi connectivity index (χ2n) is 4.90. The Morgan fingerprint density at radius 1 is 1.09 bits per heavy atom. The van der Waals surface area contributed by atoms with Crippen LogP contribution in [0, 0.1) is 12.7 Å². The summed E-state index contributed by atoms with van der Waals surface area (Å²) in [6.45, 7) is 1.84. The summed E-state index contributed by atoms with van der Waals surface area (Å²) in [6.07, 6.45) is 0.119. The van der Waals surface area contributed by atoms with Crippen LogP contribution < -0.4 is 14.8 Å². The Hall–Kier alpha value is -2.56. The molecule has 0 aromatic heterocycles. The standard InChI is InChI=1S/C17H18FNO3/c1-11-4-6-13(18)14(8-11)19-17(20)10-12-5-7-15(21-2)16(9-12)22-3/h4-9H,10H2,1-3H3,(H,19,20). The molecule has 0 fully saturated rings. The molecule has 0 atom stereocenters. The molecule has 1 amide bonds. The van der Waals surface area contributed by atoms with E-state index in [-0.39, 0.29) is 18.0 Å². The molecule has 0 radical (unpaired) electrons. The van der Waals surface area contributed by atoms with Crippen LogP contribution in [0.2, 0.25) is 0 Å². The first-order chi connectivity index (χ1) is 10.5. The monoisotopic (exact) mass is 303 g/mol. The van der Waals surface area contributed by atoms with Crippen LogP contribution in [0.1, 0.15) is 11.1 Å². The lowest BCUT2D eigenvalue weighted by Gasteiger charge is -2.10. The molecule has 0 bridgehead atoms. The van der Waals surface area contributed by atoms with Gasteiger partial charge in [-0.15, -0.1) is 0 Å². The van der Waals surface area contributed by atoms with E-state index in [9.17, 15) is 9.18 Å². The summed E-state index contributed by atoms with van der Waals surface area (Å²) in [7, 11) is 3.08. The van der Waals surface area contributed by atoms with Gasteiger partial charge in [0.2, 0.25) is 5.91 Å². The molecule has 0 aliphatic carbocycles. The molecule has 0 heterocycles. The lowest BCUT2D eigenvalue weighted by Crippen LogP contribution is -2.15. The molecular formula is C17H18FNO3. The first kappa shape index (κ1) is 15.8. The molecule has 116 valence electrons. The predicted molar refractivity (Wildman–Crippen MR) is 83.0 cm³/mol. The molecule has 0 saturated carbocycles. The van der Waals surface area contributed by atoms with Crippen molar-refractivity contribution in [3.05, 3.63) is 53.3 Å². The van der Waals surface area contributed by atoms with Gasteiger partial charge in [0.05, 0.1) is 26.3 Å². The molecule has 1 N–H and O–H groups in total. The van der Waals surface area contributed by atoms with E-state index in [4.69, 9.17) is 9.47 Å². The van der Waals surface area contributed by atoms with Crippen molar-refractivity contribution in [1.82, 2.24) is 0 Å². The van der Waals surface area contributed by atoms with Gasteiger partial charge >= 0.3 is 0 Å². The van der Waals surface area contributed by atoms with Gasteiger partial charge in [-0.1, -0.05) is 12.1 Å². The fourth-order valence-electron chi connectivity index (χ4n) is 2.11. The molecule has 0 spiro atoms. The Kier molecular flexibility index (Phi) is 4.99. The summed E-state index contributed by atoms with van der Waals surface area (Å²) in [6, 6.07) is 9.82. The number of carbonyl (C=O) groups is 1. The molecular weight excluding hydrogens is 285 g/mol. The van der Waals surface area contributed by atoms with E-state index in [2.05, 4.69) is 5.32 Å². The average Bonchev–Trinajstić information content (AvgIpc) is 2.50. The van der Waals surface area contributed by atoms with Crippen molar-refractivity contribution >= 4 is 11.6 Å². The van der Waals surface area contributed by atoms with Crippen LogP contribution in [0.25, 0.3) is 0 Å². The highest BCUT2D eigenvalue weighted by Gasteiger charge is 2.10. The molecule has 22 heavy (non-hydrogen) atoms. The van der Waals surface area contributed by atoms with Gasteiger partial charge in [0.1, 0.15) is 5.82 Å². The van der Waals surface area contributed by atoms with Crippen LogP contribution in [0.5, 0.6) is 11.5 Å². The number of anilines is 1. The summed E-state index contributed by atoms with van der Waals surface area (Å²) < 4.78 is 24.0. The lowest BCUT2D eigenvalue weighted by molar-refractivity contribution is -0.115. The minimum Gasteiger partial charge on any atom is -0.493 e. The quantitative estimate of drug-likeness (QED) is 0.921. The van der Waals surface area contributed by atoms with Crippen molar-refractivity contribution < 1.29 is 18.7 Å². The molecule has 5 heteroatoms. The minimum absolute atomic E-state index is 0.119. The highest BCUT2D eigenvalue weighted by Crippen LogP contribution is 2.27. The van der Waals surface area contributed by atoms with Crippen molar-refractivity contribution in [2.45, 2.75) is 13.3 Å². The SMILES string of the molecule is COc1ccc(CC(=O)Nc2cc(C)ccc2F)cc1OC. The third-order valence-electron chi connectivity index (χ3n) is 3.21. The Morgan fingerprint density at radius 2 is 1.82 bits per heavy atom. The zero-order valence-electron chi connectivity index (χ0n) is 12.8. The zero-order valence-corrected chi connectivity index (χ0v) is 12.8. The van der Waals surface area contributed by atoms with Crippen molar-refractivity contribution in [1.29, 1.82) is 0 Å². The number of hydrogen-bond donors (Lipinski definition) is 1. The Balaban J connectivity index is 2.10. The summed E-state index contributed by atoms with van der Waals surface area (Å²) in [5, 5.41) is 2.58. The minimum atomic E-state index is -0.453. The molecule has 2 aromatic carbocycles. The number of nitrogens with one attached hydrogen (secondary N) is 1. The third kappa shape index (κ3) is 3.75. The Labute approximate surface area is 128 Å². The maximum atomic E-state index is 13.6. The van der Waals surface area contributed by atoms with Gasteiger partial charge in [-0.3, -0.25) is 4.79 Å². The number of ether oxygens (including phenoxy) is 2. The lowest BCUT2D eigenvalue weighted by atomic mass is 10.1. The normalized spacial score (nSPS) is 10.2. The van der Waals surface area contributed by atoms with Crippen LogP contribution in [-0.2, 0) is 11.2 Å². The van der Waals surface area contributed by atoms with E-state index < -0.39 is 5.82 Å². The smallest absolute Gasteiger partial charge is 0.228 e. The third-order valence-corrected chi connectivity index (χ3v) is 3.21. The van der Waals surface area contributed by atoms with Crippen LogP contribution in [-0.4, -0.2) is 20.1 Å². The number of amides is 1. The number of halogens is 1. The maximum absolute atomic E-state index is 13.6. The van der Waals surface area contributed by atoms with Crippen LogP contribution in [0.3, 0.4) is 0 Å². The van der Waals surface area contributed by atoms with Crippen molar-refractivity contribution in [2.75, 3.05) is 19.5 Å². The van der Waals surface area contributed by atoms with Gasteiger partial charge in [-0.05, 0) is 42.3 Å². The number of hydrogen-bond acceptors (Lipinski definition) is 3. The molecule has 4 nitrogen and oxygen atoms in total. The van der Waals surface area contributed by atoms with Gasteiger partial charge in [-0.25, -0.2) is 4.39 Å². The van der Waals surface area contributed by atoms with Crippen molar-refractivity contribution in [2.24, 2.45) is 0 Å². The zero-order chi connectivity index (χ0) is 16.1. The van der Waals surface area contributed by atoms with E-state index in [0.29, 0.717) is 11.5 Å². The first-order valence-corrected chi connectivity index (χ1v) is 6.80. The second kappa shape index (κ2) is 6.93. The molecule has 0 aliphatic heterocycles. The fraction of sp³-hybridized carbons (Fsp3) is 0.235. The number of carbonyl (C=O) groups excluding carboxylic acids is 1. The largest absolute Gasteiger partial charge is 0.493 e. The molecule has 0 aliphatic rings. The fourth-order valence-corrected chi connectivity index (χ4v) is 2.11. The predicted octanol–water partition coefficient (Wildman–Crippen LogP) is 3.33. The van der Waals surface area contributed by atoms with E-state index >= 15 is 0 Å². The van der Waals surface area contributed by atoms with E-state index in [1.54, 1.807) is 37.4 Å². The molecule has 0 unspecified atom stereocenters. The van der Waals surface area contributed by atoms with Crippen molar-refractivity contribution in [3.8, 4) is 11.5 Å². The van der Waals surface area contributed by atoms with Crippen LogP contribution in [0.15, 0.2) is 36.4 Å². The van der Waals surface area contributed by atoms with Crippen molar-refractivity contribution in [3.63, 3.8) is 0 Å². The number of benzene rings is 2. The maximum Gasteiger partial charge on any atom is 0.228 e. The van der Waals surface area contributed by atoms with E-state index in [0.717, 1.165) is 11.1 Å². The summed E-state index contributed by atoms with van der Waals surface area (Å²) in [4.78, 5) is 12.0. The number of methoxy groups -OCH3 is 2. The highest BCUT2D eigenvalue weighted by molar-refractivity contribution is 5.92. The Bertz CT molecular complexity index is 686. The number of aryl methyl sites for hydroxylation is 1. The van der Waals surface area contributed by atoms with Gasteiger partial charge in [0.15, 0.2) is 11.5 Å². The summed E-state index contributed by atoms with van der Waals surface area (Å²) in [5.74, 6) is 0.397. The molecule has 0 saturated heterocycles. The Morgan fingerprint density at radius 3 is 2.50 bits per heavy atom. The van der Waals surface area contributed by atoms with Gasteiger partial charge in [0.25, 0.3) is 0 Å². The first-order valence-electron chi connectivity index (χ1n) is 6.80. The van der Waals surface area contributed by atoms with Gasteiger partial charge < -0.3 is 14.8 Å². The summed E-state index contributed by atoms with van der Waals surface area (Å²) in [5.41, 5.74) is 1.82. The molecule has 2 rings (SSSR count). The average molecular weight is 303 g/mol. The molecule has 2 aromatic rings. The van der Waals surface area contributed by atoms with E-state index in [1.807, 2.05) is 6.92 Å². The van der Waals surface area contributed by atoms with Crippen LogP contribution >= 0.6 is 0 Å². The summed E-state index contributed by atoms with van der Waals surface area (Å²) >= 11 is 0. The topological polar surface area (TPSA) is 47.6 Å². The van der Waals surface area contributed by atoms with Gasteiger partial charge in [-0.2, -0.15) is 0 Å². The number of rotatable bonds is 5. The van der Waals surface area contributed by atoms with E-state index in [1.165, 1.54) is 13.2 Å². The van der Waals surface area contributed by atoms with Crippen LogP contribution in [0.4, 0.5) is 10.1 Å². The highest BCUT2D eigenvalue weighted by atomic mass is 19.1. The second-order valence-corrected chi connectivity index (χ2v) is 4.90. The van der Waals surface area contributed by atoms with Gasteiger partial charge in [0, 0.05) is 0 Å².